The van der Waals surface area contributed by atoms with Crippen LogP contribution in [0.25, 0.3) is 0 Å². The summed E-state index contributed by atoms with van der Waals surface area (Å²) < 4.78 is 1.02. The van der Waals surface area contributed by atoms with E-state index in [0.717, 1.165) is 4.57 Å². The van der Waals surface area contributed by atoms with Crippen molar-refractivity contribution in [1.82, 2.24) is 9.55 Å². The van der Waals surface area contributed by atoms with E-state index in [2.05, 4.69) is 4.98 Å². The van der Waals surface area contributed by atoms with Crippen molar-refractivity contribution in [2.75, 3.05) is 6.61 Å². The summed E-state index contributed by atoms with van der Waals surface area (Å²) in [4.78, 5) is 24.7. The van der Waals surface area contributed by atoms with Crippen LogP contribution >= 0.6 is 0 Å². The number of rotatable bonds is 3. The first kappa shape index (κ1) is 9.73. The van der Waals surface area contributed by atoms with Crippen molar-refractivity contribution in [1.29, 1.82) is 0 Å². The molecule has 0 bridgehead atoms. The van der Waals surface area contributed by atoms with E-state index in [1.165, 1.54) is 13.2 Å². The Morgan fingerprint density at radius 3 is 2.85 bits per heavy atom. The molecule has 0 spiro atoms. The molecule has 13 heavy (non-hydrogen) atoms. The summed E-state index contributed by atoms with van der Waals surface area (Å²) in [6.07, 6.45) is 2.42. The number of nitrogens with one attached hydrogen (secondary N) is 1. The Hall–Kier alpha value is -1.36. The van der Waals surface area contributed by atoms with Gasteiger partial charge < -0.3 is 10.1 Å². The molecule has 0 fully saturated rings. The van der Waals surface area contributed by atoms with Crippen LogP contribution in [0.15, 0.2) is 15.8 Å². The van der Waals surface area contributed by atoms with Crippen LogP contribution in [0.2, 0.25) is 0 Å². The van der Waals surface area contributed by atoms with Gasteiger partial charge in [0.25, 0.3) is 5.56 Å². The lowest BCUT2D eigenvalue weighted by Gasteiger charge is -2.00. The molecule has 5 nitrogen and oxygen atoms in total. The standard InChI is InChI=1S/C8H12N2O3/c1-10-7(12)6(3-2-4-11)5-9-8(10)13/h5,11H,2-4H2,1H3,(H,9,13). The highest BCUT2D eigenvalue weighted by molar-refractivity contribution is 5.04. The van der Waals surface area contributed by atoms with Gasteiger partial charge in [-0.15, -0.1) is 0 Å². The first-order chi connectivity index (χ1) is 6.16. The van der Waals surface area contributed by atoms with Crippen molar-refractivity contribution in [3.63, 3.8) is 0 Å². The molecule has 0 saturated heterocycles. The van der Waals surface area contributed by atoms with Crippen molar-refractivity contribution in [3.8, 4) is 0 Å². The summed E-state index contributed by atoms with van der Waals surface area (Å²) >= 11 is 0. The predicted molar refractivity (Wildman–Crippen MR) is 47.7 cm³/mol. The highest BCUT2D eigenvalue weighted by Crippen LogP contribution is 1.91. The Morgan fingerprint density at radius 2 is 2.23 bits per heavy atom. The van der Waals surface area contributed by atoms with Gasteiger partial charge in [-0.25, -0.2) is 4.79 Å². The molecule has 0 amide bonds. The van der Waals surface area contributed by atoms with Gasteiger partial charge in [0.2, 0.25) is 0 Å². The zero-order valence-corrected chi connectivity index (χ0v) is 7.41. The molecule has 1 heterocycles. The molecule has 0 aromatic carbocycles. The zero-order valence-electron chi connectivity index (χ0n) is 7.41. The maximum atomic E-state index is 11.4. The third-order valence-electron chi connectivity index (χ3n) is 1.86. The second-order valence-corrected chi connectivity index (χ2v) is 2.81. The van der Waals surface area contributed by atoms with E-state index in [0.29, 0.717) is 18.4 Å². The molecule has 72 valence electrons. The number of aromatic nitrogens is 2. The van der Waals surface area contributed by atoms with E-state index in [-0.39, 0.29) is 12.2 Å². The Bertz CT molecular complexity index is 391. The molecular formula is C8H12N2O3. The highest BCUT2D eigenvalue weighted by atomic mass is 16.3. The molecule has 5 heteroatoms. The number of aromatic amines is 1. The molecule has 0 aliphatic carbocycles. The molecule has 0 unspecified atom stereocenters. The molecule has 0 saturated carbocycles. The smallest absolute Gasteiger partial charge is 0.328 e. The summed E-state index contributed by atoms with van der Waals surface area (Å²) in [6, 6.07) is 0. The molecule has 0 aliphatic heterocycles. The van der Waals surface area contributed by atoms with Crippen molar-refractivity contribution >= 4 is 0 Å². The molecule has 0 radical (unpaired) electrons. The number of aliphatic hydroxyl groups is 1. The minimum atomic E-state index is -0.419. The molecule has 2 N–H and O–H groups in total. The predicted octanol–water partition coefficient (Wildman–Crippen LogP) is -1.00. The van der Waals surface area contributed by atoms with Crippen molar-refractivity contribution < 1.29 is 5.11 Å². The maximum absolute atomic E-state index is 11.4. The van der Waals surface area contributed by atoms with Gasteiger partial charge in [0.1, 0.15) is 0 Å². The monoisotopic (exact) mass is 184 g/mol. The fourth-order valence-electron chi connectivity index (χ4n) is 1.06. The third kappa shape index (κ3) is 2.06. The minimum absolute atomic E-state index is 0.0439. The largest absolute Gasteiger partial charge is 0.396 e. The zero-order chi connectivity index (χ0) is 9.84. The second-order valence-electron chi connectivity index (χ2n) is 2.81. The van der Waals surface area contributed by atoms with E-state index in [4.69, 9.17) is 5.11 Å². The molecule has 0 atom stereocenters. The summed E-state index contributed by atoms with van der Waals surface area (Å²) in [5, 5.41) is 8.56. The fourth-order valence-corrected chi connectivity index (χ4v) is 1.06. The van der Waals surface area contributed by atoms with Crippen LogP contribution in [-0.4, -0.2) is 21.3 Å². The Labute approximate surface area is 74.7 Å². The van der Waals surface area contributed by atoms with Crippen molar-refractivity contribution in [2.45, 2.75) is 12.8 Å². The van der Waals surface area contributed by atoms with Crippen LogP contribution < -0.4 is 11.2 Å². The minimum Gasteiger partial charge on any atom is -0.396 e. The van der Waals surface area contributed by atoms with Gasteiger partial charge in [-0.3, -0.25) is 9.36 Å². The summed E-state index contributed by atoms with van der Waals surface area (Å²) in [5.41, 5.74) is -0.189. The van der Waals surface area contributed by atoms with Crippen LogP contribution in [0.1, 0.15) is 12.0 Å². The van der Waals surface area contributed by atoms with Crippen molar-refractivity contribution in [3.05, 3.63) is 32.6 Å². The van der Waals surface area contributed by atoms with Crippen LogP contribution in [-0.2, 0) is 13.5 Å². The SMILES string of the molecule is Cn1c(=O)[nH]cc(CCCO)c1=O. The second kappa shape index (κ2) is 4.04. The highest BCUT2D eigenvalue weighted by Gasteiger charge is 2.02. The number of hydrogen-bond acceptors (Lipinski definition) is 3. The van der Waals surface area contributed by atoms with Gasteiger partial charge in [-0.05, 0) is 12.8 Å². The van der Waals surface area contributed by atoms with Gasteiger partial charge >= 0.3 is 5.69 Å². The number of aryl methyl sites for hydroxylation is 1. The van der Waals surface area contributed by atoms with E-state index in [1.807, 2.05) is 0 Å². The van der Waals surface area contributed by atoms with Crippen LogP contribution in [0.4, 0.5) is 0 Å². The van der Waals surface area contributed by atoms with E-state index in [1.54, 1.807) is 0 Å². The topological polar surface area (TPSA) is 75.1 Å². The third-order valence-corrected chi connectivity index (χ3v) is 1.86. The number of nitrogens with zero attached hydrogens (tertiary/aromatic N) is 1. The average Bonchev–Trinajstić information content (AvgIpc) is 2.13. The molecule has 0 aliphatic rings. The first-order valence-electron chi connectivity index (χ1n) is 4.05. The van der Waals surface area contributed by atoms with E-state index >= 15 is 0 Å². The number of H-pyrrole nitrogens is 1. The van der Waals surface area contributed by atoms with Gasteiger partial charge in [0.15, 0.2) is 0 Å². The maximum Gasteiger partial charge on any atom is 0.328 e. The molecule has 1 aromatic heterocycles. The van der Waals surface area contributed by atoms with Gasteiger partial charge in [-0.1, -0.05) is 0 Å². The lowest BCUT2D eigenvalue weighted by Crippen LogP contribution is -2.34. The quantitative estimate of drug-likeness (QED) is 0.632. The fraction of sp³-hybridized carbons (Fsp3) is 0.500. The Kier molecular flexibility index (Phi) is 3.02. The van der Waals surface area contributed by atoms with Gasteiger partial charge in [0.05, 0.1) is 0 Å². The lowest BCUT2D eigenvalue weighted by atomic mass is 10.2. The molecule has 1 aromatic rings. The first-order valence-corrected chi connectivity index (χ1v) is 4.05. The lowest BCUT2D eigenvalue weighted by molar-refractivity contribution is 0.288. The van der Waals surface area contributed by atoms with Crippen LogP contribution in [0, 0.1) is 0 Å². The van der Waals surface area contributed by atoms with Gasteiger partial charge in [-0.2, -0.15) is 0 Å². The normalized spacial score (nSPS) is 10.3. The molecule has 1 rings (SSSR count). The van der Waals surface area contributed by atoms with Gasteiger partial charge in [0, 0.05) is 25.4 Å². The van der Waals surface area contributed by atoms with Crippen LogP contribution in [0.5, 0.6) is 0 Å². The van der Waals surface area contributed by atoms with Crippen LogP contribution in [0.3, 0.4) is 0 Å². The Morgan fingerprint density at radius 1 is 1.54 bits per heavy atom. The van der Waals surface area contributed by atoms with E-state index in [9.17, 15) is 9.59 Å². The number of hydrogen-bond donors (Lipinski definition) is 2. The Balaban J connectivity index is 3.05. The number of aliphatic hydroxyl groups excluding tert-OH is 1. The summed E-state index contributed by atoms with van der Waals surface area (Å²) in [7, 11) is 1.42. The summed E-state index contributed by atoms with van der Waals surface area (Å²) in [6.45, 7) is 0.0439. The summed E-state index contributed by atoms with van der Waals surface area (Å²) in [5.74, 6) is 0. The van der Waals surface area contributed by atoms with E-state index < -0.39 is 5.69 Å². The van der Waals surface area contributed by atoms with Crippen molar-refractivity contribution in [2.24, 2.45) is 7.05 Å². The molecular weight excluding hydrogens is 172 g/mol. The average molecular weight is 184 g/mol.